The average molecular weight is 299 g/mol. The number of hydrogen-bond donors (Lipinski definition) is 1. The maximum atomic E-state index is 13.8. The topological polar surface area (TPSA) is 66.5 Å². The van der Waals surface area contributed by atoms with Crippen molar-refractivity contribution in [2.45, 2.75) is 45.3 Å². The van der Waals surface area contributed by atoms with Crippen molar-refractivity contribution in [1.29, 1.82) is 5.26 Å². The van der Waals surface area contributed by atoms with Crippen molar-refractivity contribution < 1.29 is 4.39 Å². The van der Waals surface area contributed by atoms with E-state index in [-0.39, 0.29) is 11.9 Å². The highest BCUT2D eigenvalue weighted by molar-refractivity contribution is 5.33. The van der Waals surface area contributed by atoms with Crippen molar-refractivity contribution in [3.63, 3.8) is 0 Å². The summed E-state index contributed by atoms with van der Waals surface area (Å²) in [5, 5.41) is 16.7. The summed E-state index contributed by atoms with van der Waals surface area (Å²) in [6.07, 6.45) is 2.68. The molecule has 2 aromatic rings. The van der Waals surface area contributed by atoms with E-state index in [2.05, 4.69) is 15.4 Å². The second-order valence-electron chi connectivity index (χ2n) is 5.51. The lowest BCUT2D eigenvalue weighted by Crippen LogP contribution is -2.37. The van der Waals surface area contributed by atoms with Crippen molar-refractivity contribution in [2.24, 2.45) is 0 Å². The Kier molecular flexibility index (Phi) is 4.16. The SMILES string of the molecule is CCc1nc2n(n1)C[C@H](NCc1cc(C#N)ccc1F)CC2. The Bertz CT molecular complexity index is 716. The number of benzene rings is 1. The van der Waals surface area contributed by atoms with Crippen molar-refractivity contribution in [2.75, 3.05) is 0 Å². The Morgan fingerprint density at radius 2 is 2.36 bits per heavy atom. The van der Waals surface area contributed by atoms with E-state index in [4.69, 9.17) is 5.26 Å². The molecule has 0 aliphatic carbocycles. The van der Waals surface area contributed by atoms with E-state index in [0.29, 0.717) is 17.7 Å². The fourth-order valence-corrected chi connectivity index (χ4v) is 2.71. The van der Waals surface area contributed by atoms with Crippen LogP contribution in [0.5, 0.6) is 0 Å². The van der Waals surface area contributed by atoms with Gasteiger partial charge in [-0.25, -0.2) is 14.1 Å². The van der Waals surface area contributed by atoms with Crippen LogP contribution in [-0.4, -0.2) is 20.8 Å². The normalized spacial score (nSPS) is 17.0. The number of rotatable bonds is 4. The summed E-state index contributed by atoms with van der Waals surface area (Å²) >= 11 is 0. The molecule has 5 nitrogen and oxygen atoms in total. The van der Waals surface area contributed by atoms with Crippen molar-refractivity contribution in [1.82, 2.24) is 20.1 Å². The molecule has 0 spiro atoms. The molecule has 114 valence electrons. The molecule has 1 atom stereocenters. The molecule has 0 saturated carbocycles. The van der Waals surface area contributed by atoms with Gasteiger partial charge in [0.1, 0.15) is 11.6 Å². The van der Waals surface area contributed by atoms with Crippen LogP contribution in [0.15, 0.2) is 18.2 Å². The van der Waals surface area contributed by atoms with Gasteiger partial charge in [0.2, 0.25) is 0 Å². The first-order valence-electron chi connectivity index (χ1n) is 7.54. The number of nitriles is 1. The van der Waals surface area contributed by atoms with Crippen molar-refractivity contribution in [3.8, 4) is 6.07 Å². The lowest BCUT2D eigenvalue weighted by atomic mass is 10.1. The minimum atomic E-state index is -0.281. The second kappa shape index (κ2) is 6.24. The minimum Gasteiger partial charge on any atom is -0.308 e. The van der Waals surface area contributed by atoms with E-state index in [0.717, 1.165) is 37.5 Å². The summed E-state index contributed by atoms with van der Waals surface area (Å²) in [6.45, 7) is 3.21. The molecule has 0 saturated heterocycles. The van der Waals surface area contributed by atoms with E-state index in [9.17, 15) is 4.39 Å². The predicted molar refractivity (Wildman–Crippen MR) is 79.5 cm³/mol. The first-order chi connectivity index (χ1) is 10.7. The highest BCUT2D eigenvalue weighted by Gasteiger charge is 2.21. The summed E-state index contributed by atoms with van der Waals surface area (Å²) in [5.74, 6) is 1.63. The fraction of sp³-hybridized carbons (Fsp3) is 0.438. The number of nitrogens with one attached hydrogen (secondary N) is 1. The molecule has 1 aromatic carbocycles. The van der Waals surface area contributed by atoms with Gasteiger partial charge < -0.3 is 5.32 Å². The standard InChI is InChI=1S/C16H18FN5/c1-2-15-20-16-6-4-13(10-22(16)21-15)19-9-12-7-11(8-18)3-5-14(12)17/h3,5,7,13,19H,2,4,6,9-10H2,1H3/t13-/m1/s1. The Morgan fingerprint density at radius 1 is 1.50 bits per heavy atom. The summed E-state index contributed by atoms with van der Waals surface area (Å²) in [7, 11) is 0. The van der Waals surface area contributed by atoms with Gasteiger partial charge in [-0.05, 0) is 24.6 Å². The largest absolute Gasteiger partial charge is 0.308 e. The number of aromatic nitrogens is 3. The molecule has 0 radical (unpaired) electrons. The highest BCUT2D eigenvalue weighted by atomic mass is 19.1. The third-order valence-corrected chi connectivity index (χ3v) is 3.97. The summed E-state index contributed by atoms with van der Waals surface area (Å²) in [6, 6.07) is 6.72. The maximum absolute atomic E-state index is 13.8. The Hall–Kier alpha value is -2.26. The highest BCUT2D eigenvalue weighted by Crippen LogP contribution is 2.15. The van der Waals surface area contributed by atoms with Crippen LogP contribution in [0.3, 0.4) is 0 Å². The predicted octanol–water partition coefficient (Wildman–Crippen LogP) is 1.96. The Labute approximate surface area is 128 Å². The van der Waals surface area contributed by atoms with E-state index in [1.807, 2.05) is 17.7 Å². The van der Waals surface area contributed by atoms with Crippen LogP contribution in [0.2, 0.25) is 0 Å². The van der Waals surface area contributed by atoms with E-state index >= 15 is 0 Å². The van der Waals surface area contributed by atoms with E-state index in [1.165, 1.54) is 12.1 Å². The van der Waals surface area contributed by atoms with Crippen molar-refractivity contribution in [3.05, 3.63) is 46.8 Å². The number of fused-ring (bicyclic) bond motifs is 1. The average Bonchev–Trinajstić information content (AvgIpc) is 2.96. The van der Waals surface area contributed by atoms with Gasteiger partial charge in [-0.2, -0.15) is 10.4 Å². The smallest absolute Gasteiger partial charge is 0.150 e. The van der Waals surface area contributed by atoms with E-state index in [1.54, 1.807) is 6.07 Å². The minimum absolute atomic E-state index is 0.240. The van der Waals surface area contributed by atoms with Gasteiger partial charge in [0.15, 0.2) is 5.82 Å². The zero-order chi connectivity index (χ0) is 15.5. The van der Waals surface area contributed by atoms with Crippen LogP contribution >= 0.6 is 0 Å². The Balaban J connectivity index is 1.64. The molecule has 6 heteroatoms. The lowest BCUT2D eigenvalue weighted by Gasteiger charge is -2.23. The zero-order valence-corrected chi connectivity index (χ0v) is 12.5. The van der Waals surface area contributed by atoms with Gasteiger partial charge in [-0.15, -0.1) is 0 Å². The molecule has 1 aliphatic rings. The number of hydrogen-bond acceptors (Lipinski definition) is 4. The first-order valence-corrected chi connectivity index (χ1v) is 7.54. The van der Waals surface area contributed by atoms with Crippen LogP contribution < -0.4 is 5.32 Å². The molecule has 0 unspecified atom stereocenters. The quantitative estimate of drug-likeness (QED) is 0.937. The van der Waals surface area contributed by atoms with Gasteiger partial charge in [0.05, 0.1) is 18.2 Å². The van der Waals surface area contributed by atoms with Crippen LogP contribution in [0.25, 0.3) is 0 Å². The molecule has 0 fully saturated rings. The maximum Gasteiger partial charge on any atom is 0.150 e. The van der Waals surface area contributed by atoms with Crippen molar-refractivity contribution >= 4 is 0 Å². The number of aryl methyl sites for hydroxylation is 2. The molecular formula is C16H18FN5. The monoisotopic (exact) mass is 299 g/mol. The molecule has 3 rings (SSSR count). The van der Waals surface area contributed by atoms with E-state index < -0.39 is 0 Å². The molecular weight excluding hydrogens is 281 g/mol. The summed E-state index contributed by atoms with van der Waals surface area (Å²) in [5.41, 5.74) is 1.01. The second-order valence-corrected chi connectivity index (χ2v) is 5.51. The number of nitrogens with zero attached hydrogens (tertiary/aromatic N) is 4. The van der Waals surface area contributed by atoms with Crippen LogP contribution in [-0.2, 0) is 25.9 Å². The Morgan fingerprint density at radius 3 is 3.14 bits per heavy atom. The van der Waals surface area contributed by atoms with Gasteiger partial charge in [0, 0.05) is 31.0 Å². The van der Waals surface area contributed by atoms with Gasteiger partial charge in [-0.1, -0.05) is 6.92 Å². The molecule has 0 bridgehead atoms. The van der Waals surface area contributed by atoms with Crippen LogP contribution in [0.1, 0.15) is 36.1 Å². The van der Waals surface area contributed by atoms with Crippen LogP contribution in [0, 0.1) is 17.1 Å². The summed E-state index contributed by atoms with van der Waals surface area (Å²) < 4.78 is 15.7. The molecule has 1 aromatic heterocycles. The zero-order valence-electron chi connectivity index (χ0n) is 12.5. The molecule has 1 aliphatic heterocycles. The first kappa shape index (κ1) is 14.7. The van der Waals surface area contributed by atoms with Gasteiger partial charge in [0.25, 0.3) is 0 Å². The third kappa shape index (κ3) is 3.00. The van der Waals surface area contributed by atoms with Crippen LogP contribution in [0.4, 0.5) is 4.39 Å². The fourth-order valence-electron chi connectivity index (χ4n) is 2.71. The number of halogens is 1. The summed E-state index contributed by atoms with van der Waals surface area (Å²) in [4.78, 5) is 4.49. The molecule has 0 amide bonds. The molecule has 2 heterocycles. The lowest BCUT2D eigenvalue weighted by molar-refractivity contribution is 0.355. The molecule has 1 N–H and O–H groups in total. The third-order valence-electron chi connectivity index (χ3n) is 3.97. The van der Waals surface area contributed by atoms with Gasteiger partial charge >= 0.3 is 0 Å². The molecule has 22 heavy (non-hydrogen) atoms. The van der Waals surface area contributed by atoms with Gasteiger partial charge in [-0.3, -0.25) is 0 Å².